The van der Waals surface area contributed by atoms with Gasteiger partial charge in [-0.25, -0.2) is 4.85 Å². The largest absolute Gasteiger partial charge is 0.497 e. The fourth-order valence-electron chi connectivity index (χ4n) is 2.35. The quantitative estimate of drug-likeness (QED) is 0.675. The average Bonchev–Trinajstić information content (AvgIpc) is 2.94. The van der Waals surface area contributed by atoms with Gasteiger partial charge in [0.2, 0.25) is 5.69 Å². The van der Waals surface area contributed by atoms with Crippen LogP contribution >= 0.6 is 0 Å². The number of carbonyl (C=O) groups excluding carboxylic acids is 1. The molecule has 0 aromatic heterocycles. The Labute approximate surface area is 139 Å². The van der Waals surface area contributed by atoms with Crippen molar-refractivity contribution in [2.24, 2.45) is 0 Å². The zero-order valence-corrected chi connectivity index (χ0v) is 13.0. The van der Waals surface area contributed by atoms with Crippen molar-refractivity contribution in [3.63, 3.8) is 0 Å². The maximum atomic E-state index is 11.1. The van der Waals surface area contributed by atoms with Gasteiger partial charge in [0.1, 0.15) is 23.9 Å². The highest BCUT2D eigenvalue weighted by molar-refractivity contribution is 6.61. The van der Waals surface area contributed by atoms with Gasteiger partial charge in [-0.15, -0.1) is 0 Å². The van der Waals surface area contributed by atoms with Crippen molar-refractivity contribution in [2.45, 2.75) is 13.5 Å². The van der Waals surface area contributed by atoms with Crippen LogP contribution in [0, 0.1) is 6.57 Å². The van der Waals surface area contributed by atoms with E-state index in [1.807, 2.05) is 0 Å². The Hall–Kier alpha value is -2.82. The molecule has 0 spiro atoms. The highest BCUT2D eigenvalue weighted by Gasteiger charge is 2.27. The van der Waals surface area contributed by atoms with E-state index in [0.717, 1.165) is 11.0 Å². The van der Waals surface area contributed by atoms with E-state index in [1.165, 1.54) is 6.92 Å². The molecular weight excluding hydrogens is 309 g/mol. The minimum atomic E-state index is -0.890. The Morgan fingerprint density at radius 2 is 2.08 bits per heavy atom. The zero-order chi connectivity index (χ0) is 17.1. The minimum Gasteiger partial charge on any atom is -0.497 e. The first-order valence-electron chi connectivity index (χ1n) is 7.31. The van der Waals surface area contributed by atoms with Crippen molar-refractivity contribution >= 4 is 24.1 Å². The molecule has 0 fully saturated rings. The molecule has 7 heteroatoms. The lowest BCUT2D eigenvalue weighted by molar-refractivity contribution is -0.118. The number of ketones is 1. The van der Waals surface area contributed by atoms with E-state index in [4.69, 9.17) is 20.7 Å². The maximum absolute atomic E-state index is 11.1. The zero-order valence-electron chi connectivity index (χ0n) is 13.0. The number of rotatable bonds is 5. The average molecular weight is 323 g/mol. The molecule has 0 bridgehead atoms. The predicted octanol–water partition coefficient (Wildman–Crippen LogP) is 2.22. The second kappa shape index (κ2) is 6.75. The van der Waals surface area contributed by atoms with Crippen LogP contribution < -0.4 is 14.9 Å². The molecule has 0 amide bonds. The van der Waals surface area contributed by atoms with E-state index >= 15 is 0 Å². The Bertz CT molecular complexity index is 830. The van der Waals surface area contributed by atoms with Crippen LogP contribution in [0.5, 0.6) is 17.2 Å². The second-order valence-electron chi connectivity index (χ2n) is 5.36. The molecule has 0 radical (unpaired) electrons. The van der Waals surface area contributed by atoms with Gasteiger partial charge in [-0.05, 0) is 42.2 Å². The summed E-state index contributed by atoms with van der Waals surface area (Å²) in [4.78, 5) is 14.4. The van der Waals surface area contributed by atoms with Gasteiger partial charge in [0.15, 0.2) is 5.78 Å². The fourth-order valence-corrected chi connectivity index (χ4v) is 2.35. The minimum absolute atomic E-state index is 0.0972. The lowest BCUT2D eigenvalue weighted by atomic mass is 9.80. The predicted molar refractivity (Wildman–Crippen MR) is 87.8 cm³/mol. The van der Waals surface area contributed by atoms with Crippen molar-refractivity contribution in [3.8, 4) is 17.2 Å². The first-order chi connectivity index (χ1) is 11.6. The number of hydrogen-bond acceptors (Lipinski definition) is 5. The number of hydrogen-bond donors (Lipinski definition) is 1. The molecule has 1 aliphatic rings. The molecule has 0 atom stereocenters. The topological polar surface area (TPSA) is 69.3 Å². The molecule has 0 unspecified atom stereocenters. The molecule has 2 aromatic carbocycles. The standard InChI is InChI=1S/C17H14BNO5/c1-11(20)9-22-17-8-14(4-6-16(17)19-2)24-13-3-5-15-12(7-13)10-23-18(15)21/h3-8,21H,9-10H2,1H3. The van der Waals surface area contributed by atoms with E-state index in [0.29, 0.717) is 29.5 Å². The summed E-state index contributed by atoms with van der Waals surface area (Å²) in [6.07, 6.45) is 0. The van der Waals surface area contributed by atoms with Crippen molar-refractivity contribution in [2.75, 3.05) is 6.61 Å². The van der Waals surface area contributed by atoms with Gasteiger partial charge in [0, 0.05) is 6.07 Å². The number of benzene rings is 2. The van der Waals surface area contributed by atoms with Gasteiger partial charge in [-0.3, -0.25) is 4.79 Å². The number of Topliss-reactive ketones (excluding diaryl/α,β-unsaturated/α-hetero) is 1. The normalized spacial score (nSPS) is 12.5. The number of carbonyl (C=O) groups is 1. The molecule has 3 rings (SSSR count). The van der Waals surface area contributed by atoms with Gasteiger partial charge in [-0.1, -0.05) is 6.07 Å². The third-order valence-corrected chi connectivity index (χ3v) is 3.50. The fraction of sp³-hybridized carbons (Fsp3) is 0.176. The molecule has 6 nitrogen and oxygen atoms in total. The van der Waals surface area contributed by atoms with Crippen LogP contribution in [-0.4, -0.2) is 24.5 Å². The maximum Gasteiger partial charge on any atom is 0.491 e. The Kier molecular flexibility index (Phi) is 4.51. The number of ether oxygens (including phenoxy) is 2. The Morgan fingerprint density at radius 1 is 1.33 bits per heavy atom. The van der Waals surface area contributed by atoms with Gasteiger partial charge in [0.25, 0.3) is 0 Å². The van der Waals surface area contributed by atoms with Crippen molar-refractivity contribution < 1.29 is 23.9 Å². The van der Waals surface area contributed by atoms with Crippen molar-refractivity contribution in [1.82, 2.24) is 0 Å². The van der Waals surface area contributed by atoms with Crippen molar-refractivity contribution in [1.29, 1.82) is 0 Å². The third kappa shape index (κ3) is 3.40. The summed E-state index contributed by atoms with van der Waals surface area (Å²) in [7, 11) is -0.890. The summed E-state index contributed by atoms with van der Waals surface area (Å²) in [5.74, 6) is 1.24. The molecule has 1 N–H and O–H groups in total. The molecule has 24 heavy (non-hydrogen) atoms. The van der Waals surface area contributed by atoms with Crippen LogP contribution in [0.4, 0.5) is 5.69 Å². The number of fused-ring (bicyclic) bond motifs is 1. The van der Waals surface area contributed by atoms with Crippen LogP contribution in [0.15, 0.2) is 36.4 Å². The molecule has 0 saturated heterocycles. The SMILES string of the molecule is [C-]#[N+]c1ccc(Oc2ccc3c(c2)COB3O)cc1OCC(C)=O. The summed E-state index contributed by atoms with van der Waals surface area (Å²) in [5.41, 5.74) is 1.91. The highest BCUT2D eigenvalue weighted by atomic mass is 16.5. The molecule has 1 aliphatic heterocycles. The van der Waals surface area contributed by atoms with Crippen molar-refractivity contribution in [3.05, 3.63) is 53.4 Å². The monoisotopic (exact) mass is 323 g/mol. The van der Waals surface area contributed by atoms with Crippen LogP contribution in [0.1, 0.15) is 12.5 Å². The molecule has 0 aliphatic carbocycles. The second-order valence-corrected chi connectivity index (χ2v) is 5.36. The first kappa shape index (κ1) is 16.1. The molecule has 0 saturated carbocycles. The summed E-state index contributed by atoms with van der Waals surface area (Å²) in [5, 5.41) is 9.62. The van der Waals surface area contributed by atoms with Gasteiger partial charge in [0.05, 0.1) is 13.2 Å². The van der Waals surface area contributed by atoms with Crippen LogP contribution in [0.25, 0.3) is 4.85 Å². The smallest absolute Gasteiger partial charge is 0.491 e. The molecular formula is C17H14BNO5. The Morgan fingerprint density at radius 3 is 2.83 bits per heavy atom. The molecule has 2 aromatic rings. The van der Waals surface area contributed by atoms with E-state index in [-0.39, 0.29) is 12.4 Å². The molecule has 120 valence electrons. The highest BCUT2D eigenvalue weighted by Crippen LogP contribution is 2.34. The molecule has 1 heterocycles. The van der Waals surface area contributed by atoms with E-state index in [2.05, 4.69) is 4.85 Å². The first-order valence-corrected chi connectivity index (χ1v) is 7.31. The van der Waals surface area contributed by atoms with E-state index in [9.17, 15) is 9.82 Å². The van der Waals surface area contributed by atoms with Gasteiger partial charge < -0.3 is 19.2 Å². The summed E-state index contributed by atoms with van der Waals surface area (Å²) < 4.78 is 16.3. The van der Waals surface area contributed by atoms with Crippen LogP contribution in [-0.2, 0) is 16.1 Å². The lowest BCUT2D eigenvalue weighted by Crippen LogP contribution is -2.27. The van der Waals surface area contributed by atoms with Crippen LogP contribution in [0.2, 0.25) is 0 Å². The third-order valence-electron chi connectivity index (χ3n) is 3.50. The summed E-state index contributed by atoms with van der Waals surface area (Å²) in [6.45, 7) is 8.80. The number of nitrogens with zero attached hydrogens (tertiary/aromatic N) is 1. The lowest BCUT2D eigenvalue weighted by Gasteiger charge is -2.11. The van der Waals surface area contributed by atoms with Gasteiger partial charge >= 0.3 is 7.12 Å². The Balaban J connectivity index is 1.81. The van der Waals surface area contributed by atoms with E-state index in [1.54, 1.807) is 36.4 Å². The van der Waals surface area contributed by atoms with Gasteiger partial charge in [-0.2, -0.15) is 0 Å². The van der Waals surface area contributed by atoms with Crippen LogP contribution in [0.3, 0.4) is 0 Å². The summed E-state index contributed by atoms with van der Waals surface area (Å²) >= 11 is 0. The van der Waals surface area contributed by atoms with E-state index < -0.39 is 7.12 Å². The summed E-state index contributed by atoms with van der Waals surface area (Å²) in [6, 6.07) is 10.1.